The lowest BCUT2D eigenvalue weighted by Crippen LogP contribution is -2.40. The lowest BCUT2D eigenvalue weighted by molar-refractivity contribution is -0.125. The number of aryl methyl sites for hydroxylation is 2. The van der Waals surface area contributed by atoms with E-state index in [1.165, 1.54) is 21.4 Å². The van der Waals surface area contributed by atoms with E-state index in [9.17, 15) is 9.59 Å². The van der Waals surface area contributed by atoms with Gasteiger partial charge in [0.2, 0.25) is 16.0 Å². The molecule has 1 aliphatic heterocycles. The maximum Gasteiger partial charge on any atom is 0.278 e. The van der Waals surface area contributed by atoms with Gasteiger partial charge < -0.3 is 10.2 Å². The predicted molar refractivity (Wildman–Crippen MR) is 122 cm³/mol. The third-order valence-electron chi connectivity index (χ3n) is 6.39. The second-order valence-electron chi connectivity index (χ2n) is 8.59. The highest BCUT2D eigenvalue weighted by molar-refractivity contribution is 7.20. The molecule has 0 bridgehead atoms. The minimum absolute atomic E-state index is 0.00688. The highest BCUT2D eigenvalue weighted by Gasteiger charge is 2.27. The van der Waals surface area contributed by atoms with Crippen LogP contribution in [0.1, 0.15) is 48.1 Å². The van der Waals surface area contributed by atoms with Gasteiger partial charge in [-0.15, -0.1) is 5.10 Å². The molecule has 1 fully saturated rings. The third kappa shape index (κ3) is 4.08. The number of piperidine rings is 1. The number of carbonyl (C=O) groups is 1. The Hall–Kier alpha value is -2.74. The van der Waals surface area contributed by atoms with Crippen LogP contribution in [0.25, 0.3) is 4.96 Å². The summed E-state index contributed by atoms with van der Waals surface area (Å²) in [6, 6.07) is 8.24. The molecule has 0 spiro atoms. The molecule has 162 valence electrons. The van der Waals surface area contributed by atoms with Gasteiger partial charge >= 0.3 is 0 Å². The summed E-state index contributed by atoms with van der Waals surface area (Å²) in [5.41, 5.74) is 4.12. The molecular weight excluding hydrogens is 410 g/mol. The number of nitrogens with zero attached hydrogens (tertiary/aromatic N) is 4. The second-order valence-corrected chi connectivity index (χ2v) is 9.53. The van der Waals surface area contributed by atoms with Crippen LogP contribution in [-0.2, 0) is 24.2 Å². The van der Waals surface area contributed by atoms with E-state index < -0.39 is 0 Å². The Morgan fingerprint density at radius 1 is 1.16 bits per heavy atom. The van der Waals surface area contributed by atoms with Crippen molar-refractivity contribution in [2.24, 2.45) is 5.92 Å². The van der Waals surface area contributed by atoms with Gasteiger partial charge in [0, 0.05) is 31.1 Å². The molecule has 31 heavy (non-hydrogen) atoms. The van der Waals surface area contributed by atoms with Crippen molar-refractivity contribution in [3.05, 3.63) is 57.0 Å². The minimum Gasteiger partial charge on any atom is -0.352 e. The summed E-state index contributed by atoms with van der Waals surface area (Å²) in [5.74, 6) is 0.138. The van der Waals surface area contributed by atoms with Crippen LogP contribution in [0.15, 0.2) is 29.1 Å². The lowest BCUT2D eigenvalue weighted by atomic mass is 9.96. The van der Waals surface area contributed by atoms with Gasteiger partial charge in [-0.05, 0) is 51.0 Å². The van der Waals surface area contributed by atoms with Gasteiger partial charge in [0.1, 0.15) is 0 Å². The number of carbonyl (C=O) groups excluding carboxylic acids is 1. The fourth-order valence-corrected chi connectivity index (χ4v) is 5.43. The highest BCUT2D eigenvalue weighted by Crippen LogP contribution is 2.28. The number of fused-ring (bicyclic) bond motifs is 2. The van der Waals surface area contributed by atoms with Crippen molar-refractivity contribution in [2.75, 3.05) is 18.0 Å². The Morgan fingerprint density at radius 2 is 1.90 bits per heavy atom. The normalized spacial score (nSPS) is 17.0. The van der Waals surface area contributed by atoms with Crippen LogP contribution in [-0.4, -0.2) is 33.6 Å². The topological polar surface area (TPSA) is 79.6 Å². The van der Waals surface area contributed by atoms with Crippen LogP contribution < -0.4 is 15.8 Å². The van der Waals surface area contributed by atoms with Gasteiger partial charge in [-0.2, -0.15) is 4.52 Å². The van der Waals surface area contributed by atoms with Crippen molar-refractivity contribution in [3.63, 3.8) is 0 Å². The monoisotopic (exact) mass is 437 g/mol. The van der Waals surface area contributed by atoms with Crippen molar-refractivity contribution >= 4 is 27.3 Å². The fourth-order valence-electron chi connectivity index (χ4n) is 4.46. The molecule has 1 N–H and O–H groups in total. The summed E-state index contributed by atoms with van der Waals surface area (Å²) in [4.78, 5) is 33.0. The van der Waals surface area contributed by atoms with E-state index in [0.29, 0.717) is 11.5 Å². The number of benzene rings is 1. The van der Waals surface area contributed by atoms with Gasteiger partial charge in [-0.3, -0.25) is 9.59 Å². The second kappa shape index (κ2) is 8.42. The minimum atomic E-state index is -0.00688. The number of hydrogen-bond acceptors (Lipinski definition) is 6. The quantitative estimate of drug-likeness (QED) is 0.679. The zero-order valence-electron chi connectivity index (χ0n) is 17.8. The number of rotatable bonds is 4. The average molecular weight is 438 g/mol. The Morgan fingerprint density at radius 3 is 2.68 bits per heavy atom. The summed E-state index contributed by atoms with van der Waals surface area (Å²) in [5, 5.41) is 8.48. The summed E-state index contributed by atoms with van der Waals surface area (Å²) in [6.45, 7) is 4.15. The Bertz CT molecular complexity index is 1160. The summed E-state index contributed by atoms with van der Waals surface area (Å²) in [6.07, 6.45) is 5.41. The number of nitrogens with one attached hydrogen (secondary N) is 1. The Balaban J connectivity index is 1.22. The van der Waals surface area contributed by atoms with Crippen LogP contribution in [0, 0.1) is 12.8 Å². The molecule has 2 aromatic heterocycles. The zero-order chi connectivity index (χ0) is 21.4. The van der Waals surface area contributed by atoms with E-state index in [2.05, 4.69) is 46.5 Å². The van der Waals surface area contributed by atoms with Crippen molar-refractivity contribution in [1.82, 2.24) is 19.9 Å². The molecular formula is C23H27N5O2S. The molecule has 0 atom stereocenters. The van der Waals surface area contributed by atoms with Crippen LogP contribution in [0.3, 0.4) is 0 Å². The van der Waals surface area contributed by atoms with Gasteiger partial charge in [-0.25, -0.2) is 4.98 Å². The molecule has 5 rings (SSSR count). The molecule has 1 aromatic carbocycles. The maximum atomic E-state index is 12.8. The molecule has 8 heteroatoms. The highest BCUT2D eigenvalue weighted by atomic mass is 32.1. The molecule has 1 amide bonds. The Kier molecular flexibility index (Phi) is 5.48. The first-order valence-corrected chi connectivity index (χ1v) is 11.9. The standard InChI is InChI=1S/C23H27N5O2S/c1-15-6-8-16(9-7-15)14-24-20(29)17-10-12-27(13-11-17)23-26-28-21(30)18-4-2-3-5-19(18)25-22(28)31-23/h6-9,17H,2-5,10-14H2,1H3,(H,24,29). The SMILES string of the molecule is Cc1ccc(CNC(=O)C2CCN(c3nn4c(=O)c5c(nc4s3)CCCC5)CC2)cc1. The smallest absolute Gasteiger partial charge is 0.278 e. The van der Waals surface area contributed by atoms with E-state index in [4.69, 9.17) is 4.98 Å². The first-order chi connectivity index (χ1) is 15.1. The van der Waals surface area contributed by atoms with Crippen LogP contribution in [0.4, 0.5) is 5.13 Å². The molecule has 7 nitrogen and oxygen atoms in total. The van der Waals surface area contributed by atoms with Crippen molar-refractivity contribution in [3.8, 4) is 0 Å². The summed E-state index contributed by atoms with van der Waals surface area (Å²) >= 11 is 1.48. The van der Waals surface area contributed by atoms with E-state index in [0.717, 1.165) is 73.6 Å². The predicted octanol–water partition coefficient (Wildman–Crippen LogP) is 2.87. The largest absolute Gasteiger partial charge is 0.352 e. The summed E-state index contributed by atoms with van der Waals surface area (Å²) in [7, 11) is 0. The first-order valence-electron chi connectivity index (χ1n) is 11.1. The molecule has 1 saturated heterocycles. The average Bonchev–Trinajstić information content (AvgIpc) is 3.23. The number of aromatic nitrogens is 3. The molecule has 3 aromatic rings. The van der Waals surface area contributed by atoms with Crippen LogP contribution in [0.5, 0.6) is 0 Å². The van der Waals surface area contributed by atoms with Gasteiger partial charge in [0.15, 0.2) is 0 Å². The van der Waals surface area contributed by atoms with Gasteiger partial charge in [0.25, 0.3) is 5.56 Å². The molecule has 3 heterocycles. The molecule has 1 aliphatic carbocycles. The van der Waals surface area contributed by atoms with E-state index in [-0.39, 0.29) is 17.4 Å². The van der Waals surface area contributed by atoms with E-state index in [1.54, 1.807) is 0 Å². The van der Waals surface area contributed by atoms with Crippen molar-refractivity contribution in [1.29, 1.82) is 0 Å². The molecule has 0 unspecified atom stereocenters. The van der Waals surface area contributed by atoms with Crippen molar-refractivity contribution in [2.45, 2.75) is 52.0 Å². The summed E-state index contributed by atoms with van der Waals surface area (Å²) < 4.78 is 1.48. The van der Waals surface area contributed by atoms with Crippen LogP contribution >= 0.6 is 11.3 Å². The molecule has 2 aliphatic rings. The number of amides is 1. The van der Waals surface area contributed by atoms with Crippen molar-refractivity contribution < 1.29 is 4.79 Å². The number of anilines is 1. The van der Waals surface area contributed by atoms with Gasteiger partial charge in [-0.1, -0.05) is 41.2 Å². The third-order valence-corrected chi connectivity index (χ3v) is 7.36. The van der Waals surface area contributed by atoms with E-state index in [1.807, 2.05) is 0 Å². The fraction of sp³-hybridized carbons (Fsp3) is 0.478. The van der Waals surface area contributed by atoms with Crippen LogP contribution in [0.2, 0.25) is 0 Å². The first kappa shape index (κ1) is 20.2. The zero-order valence-corrected chi connectivity index (χ0v) is 18.6. The Labute approximate surface area is 185 Å². The molecule has 0 radical (unpaired) electrons. The van der Waals surface area contributed by atoms with E-state index >= 15 is 0 Å². The number of hydrogen-bond donors (Lipinski definition) is 1. The lowest BCUT2D eigenvalue weighted by Gasteiger charge is -2.30. The van der Waals surface area contributed by atoms with Gasteiger partial charge in [0.05, 0.1) is 5.69 Å². The maximum absolute atomic E-state index is 12.8. The molecule has 0 saturated carbocycles.